The number of benzene rings is 3. The van der Waals surface area contributed by atoms with Crippen LogP contribution in [0.5, 0.6) is 5.75 Å². The Bertz CT molecular complexity index is 1270. The summed E-state index contributed by atoms with van der Waals surface area (Å²) in [6.07, 6.45) is 6.48. The van der Waals surface area contributed by atoms with E-state index in [9.17, 15) is 5.11 Å². The van der Waals surface area contributed by atoms with Gasteiger partial charge in [0.05, 0.1) is 11.4 Å². The van der Waals surface area contributed by atoms with Gasteiger partial charge in [0.15, 0.2) is 0 Å². The number of azo groups is 1. The summed E-state index contributed by atoms with van der Waals surface area (Å²) in [4.78, 5) is 6.30. The summed E-state index contributed by atoms with van der Waals surface area (Å²) in [5.41, 5.74) is 5.41. The highest BCUT2D eigenvalue weighted by atomic mass is 16.6. The molecule has 0 aliphatic carbocycles. The normalized spacial score (nSPS) is 12.2. The third-order valence-electron chi connectivity index (χ3n) is 5.74. The SMILES string of the molecule is CCN(CC)c1ccc(N=Nc2ccc([C@@H](O)Oc3ccc(/C=C\c4ccncc4)cc3)cc2)cc1. The van der Waals surface area contributed by atoms with Crippen molar-refractivity contribution in [1.29, 1.82) is 0 Å². The maximum absolute atomic E-state index is 10.5. The summed E-state index contributed by atoms with van der Waals surface area (Å²) < 4.78 is 5.70. The van der Waals surface area contributed by atoms with Crippen LogP contribution >= 0.6 is 0 Å². The second-order valence-corrected chi connectivity index (χ2v) is 8.13. The zero-order valence-corrected chi connectivity index (χ0v) is 20.5. The molecule has 4 rings (SSSR count). The van der Waals surface area contributed by atoms with Crippen LogP contribution < -0.4 is 9.64 Å². The van der Waals surface area contributed by atoms with Gasteiger partial charge in [-0.15, -0.1) is 0 Å². The largest absolute Gasteiger partial charge is 0.461 e. The van der Waals surface area contributed by atoms with Gasteiger partial charge in [0.25, 0.3) is 0 Å². The number of hydrogen-bond acceptors (Lipinski definition) is 6. The predicted octanol–water partition coefficient (Wildman–Crippen LogP) is 7.58. The van der Waals surface area contributed by atoms with Gasteiger partial charge >= 0.3 is 0 Å². The third-order valence-corrected chi connectivity index (χ3v) is 5.74. The molecule has 0 bridgehead atoms. The molecule has 0 saturated carbocycles. The van der Waals surface area contributed by atoms with Crippen molar-refractivity contribution in [2.75, 3.05) is 18.0 Å². The van der Waals surface area contributed by atoms with Crippen LogP contribution in [0.15, 0.2) is 108 Å². The van der Waals surface area contributed by atoms with Crippen LogP contribution in [0.4, 0.5) is 17.1 Å². The molecule has 0 amide bonds. The molecule has 1 heterocycles. The van der Waals surface area contributed by atoms with Crippen molar-refractivity contribution in [3.8, 4) is 5.75 Å². The van der Waals surface area contributed by atoms with E-state index >= 15 is 0 Å². The maximum Gasteiger partial charge on any atom is 0.224 e. The lowest BCUT2D eigenvalue weighted by atomic mass is 10.1. The number of hydrogen-bond donors (Lipinski definition) is 1. The molecule has 36 heavy (non-hydrogen) atoms. The van der Waals surface area contributed by atoms with E-state index in [-0.39, 0.29) is 0 Å². The smallest absolute Gasteiger partial charge is 0.224 e. The Balaban J connectivity index is 1.32. The fourth-order valence-electron chi connectivity index (χ4n) is 3.66. The van der Waals surface area contributed by atoms with Gasteiger partial charge in [-0.1, -0.05) is 36.4 Å². The van der Waals surface area contributed by atoms with E-state index in [0.29, 0.717) is 17.0 Å². The van der Waals surface area contributed by atoms with E-state index in [0.717, 1.165) is 29.9 Å². The number of pyridine rings is 1. The number of rotatable bonds is 10. The molecule has 182 valence electrons. The minimum atomic E-state index is -1.08. The molecule has 0 spiro atoms. The summed E-state index contributed by atoms with van der Waals surface area (Å²) in [5.74, 6) is 0.584. The van der Waals surface area contributed by atoms with E-state index in [1.54, 1.807) is 24.5 Å². The fraction of sp³-hybridized carbons (Fsp3) is 0.167. The Morgan fingerprint density at radius 2 is 1.28 bits per heavy atom. The van der Waals surface area contributed by atoms with Gasteiger partial charge in [0, 0.05) is 36.7 Å². The number of aliphatic hydroxyl groups is 1. The first-order chi connectivity index (χ1) is 17.6. The van der Waals surface area contributed by atoms with E-state index in [4.69, 9.17) is 4.74 Å². The zero-order chi connectivity index (χ0) is 25.2. The molecule has 0 aliphatic rings. The monoisotopic (exact) mass is 478 g/mol. The van der Waals surface area contributed by atoms with E-state index in [1.807, 2.05) is 72.8 Å². The molecule has 0 saturated heterocycles. The molecule has 1 atom stereocenters. The highest BCUT2D eigenvalue weighted by Gasteiger charge is 2.09. The van der Waals surface area contributed by atoms with Crippen molar-refractivity contribution in [1.82, 2.24) is 4.98 Å². The molecule has 0 aliphatic heterocycles. The van der Waals surface area contributed by atoms with Gasteiger partial charge in [-0.3, -0.25) is 4.98 Å². The molecular formula is C30H30N4O2. The Morgan fingerprint density at radius 1 is 0.750 bits per heavy atom. The molecule has 1 aromatic heterocycles. The van der Waals surface area contributed by atoms with Crippen LogP contribution in [0, 0.1) is 0 Å². The first-order valence-corrected chi connectivity index (χ1v) is 12.0. The number of ether oxygens (including phenoxy) is 1. The van der Waals surface area contributed by atoms with Crippen molar-refractivity contribution >= 4 is 29.2 Å². The Labute approximate surface area is 212 Å². The standard InChI is InChI=1S/C30H30N4O2/c1-3-34(4-2)28-15-13-27(14-16-28)33-32-26-11-9-25(10-12-26)30(35)36-29-17-7-23(8-18-29)5-6-24-19-21-31-22-20-24/h5-22,30,35H,3-4H2,1-2H3/b6-5-,33-32?/t30-/m0/s1. The van der Waals surface area contributed by atoms with Crippen LogP contribution in [-0.2, 0) is 0 Å². The third kappa shape index (κ3) is 6.87. The minimum absolute atomic E-state index is 0.584. The number of aliphatic hydroxyl groups excluding tert-OH is 1. The van der Waals surface area contributed by atoms with Crippen molar-refractivity contribution < 1.29 is 9.84 Å². The van der Waals surface area contributed by atoms with E-state index in [2.05, 4.69) is 46.1 Å². The predicted molar refractivity (Wildman–Crippen MR) is 146 cm³/mol. The fourth-order valence-corrected chi connectivity index (χ4v) is 3.66. The highest BCUT2D eigenvalue weighted by molar-refractivity contribution is 5.69. The van der Waals surface area contributed by atoms with Crippen LogP contribution in [-0.4, -0.2) is 23.2 Å². The number of nitrogens with zero attached hydrogens (tertiary/aromatic N) is 4. The summed E-state index contributed by atoms with van der Waals surface area (Å²) in [7, 11) is 0. The highest BCUT2D eigenvalue weighted by Crippen LogP contribution is 2.25. The first-order valence-electron chi connectivity index (χ1n) is 12.0. The van der Waals surface area contributed by atoms with Crippen LogP contribution in [0.25, 0.3) is 12.2 Å². The summed E-state index contributed by atoms with van der Waals surface area (Å²) in [5, 5.41) is 19.1. The van der Waals surface area contributed by atoms with Gasteiger partial charge < -0.3 is 14.7 Å². The zero-order valence-electron chi connectivity index (χ0n) is 20.5. The van der Waals surface area contributed by atoms with E-state index in [1.165, 1.54) is 5.69 Å². The average Bonchev–Trinajstić information content (AvgIpc) is 2.94. The minimum Gasteiger partial charge on any atom is -0.461 e. The molecule has 0 fully saturated rings. The molecule has 0 radical (unpaired) electrons. The second-order valence-electron chi connectivity index (χ2n) is 8.13. The van der Waals surface area contributed by atoms with E-state index < -0.39 is 6.29 Å². The lowest BCUT2D eigenvalue weighted by Crippen LogP contribution is -2.21. The van der Waals surface area contributed by atoms with Gasteiger partial charge in [0.2, 0.25) is 6.29 Å². The maximum atomic E-state index is 10.5. The Morgan fingerprint density at radius 3 is 1.83 bits per heavy atom. The van der Waals surface area contributed by atoms with Crippen molar-refractivity contribution in [3.05, 3.63) is 114 Å². The molecule has 0 unspecified atom stereocenters. The van der Waals surface area contributed by atoms with Crippen molar-refractivity contribution in [2.45, 2.75) is 20.1 Å². The van der Waals surface area contributed by atoms with Gasteiger partial charge in [-0.05, 0) is 85.6 Å². The van der Waals surface area contributed by atoms with Gasteiger partial charge in [-0.25, -0.2) is 0 Å². The van der Waals surface area contributed by atoms with Crippen LogP contribution in [0.3, 0.4) is 0 Å². The Hall–Kier alpha value is -4.29. The lowest BCUT2D eigenvalue weighted by molar-refractivity contribution is -0.0194. The second kappa shape index (κ2) is 12.4. The molecule has 3 aromatic carbocycles. The summed E-state index contributed by atoms with van der Waals surface area (Å²) in [6, 6.07) is 26.7. The molecule has 4 aromatic rings. The Kier molecular flexibility index (Phi) is 8.57. The first kappa shape index (κ1) is 24.8. The average molecular weight is 479 g/mol. The lowest BCUT2D eigenvalue weighted by Gasteiger charge is -2.20. The summed E-state index contributed by atoms with van der Waals surface area (Å²) in [6.45, 7) is 6.22. The molecular weight excluding hydrogens is 448 g/mol. The number of anilines is 1. The van der Waals surface area contributed by atoms with Crippen molar-refractivity contribution in [2.24, 2.45) is 10.2 Å². The van der Waals surface area contributed by atoms with Crippen LogP contribution in [0.1, 0.15) is 36.8 Å². The quantitative estimate of drug-likeness (QED) is 0.188. The molecule has 1 N–H and O–H groups in total. The van der Waals surface area contributed by atoms with Crippen molar-refractivity contribution in [3.63, 3.8) is 0 Å². The van der Waals surface area contributed by atoms with Gasteiger partial charge in [-0.2, -0.15) is 10.2 Å². The molecule has 6 nitrogen and oxygen atoms in total. The number of aromatic nitrogens is 1. The summed E-state index contributed by atoms with van der Waals surface area (Å²) >= 11 is 0. The molecule has 6 heteroatoms. The topological polar surface area (TPSA) is 70.3 Å². The van der Waals surface area contributed by atoms with Gasteiger partial charge in [0.1, 0.15) is 5.75 Å². The van der Waals surface area contributed by atoms with Crippen LogP contribution in [0.2, 0.25) is 0 Å².